The summed E-state index contributed by atoms with van der Waals surface area (Å²) in [6.45, 7) is 5.06. The Bertz CT molecular complexity index is 391. The molecule has 1 saturated heterocycles. The molecule has 1 aliphatic rings. The predicted molar refractivity (Wildman–Crippen MR) is 73.0 cm³/mol. The molecular weight excluding hydrogens is 224 g/mol. The van der Waals surface area contributed by atoms with E-state index in [2.05, 4.69) is 31.3 Å². The summed E-state index contributed by atoms with van der Waals surface area (Å²) in [7, 11) is 0. The van der Waals surface area contributed by atoms with Crippen molar-refractivity contribution in [3.8, 4) is 0 Å². The zero-order valence-corrected chi connectivity index (χ0v) is 11.2. The molecule has 1 aromatic rings. The number of benzene rings is 1. The molecule has 98 valence electrons. The van der Waals surface area contributed by atoms with Gasteiger partial charge in [-0.1, -0.05) is 50.6 Å². The highest BCUT2D eigenvalue weighted by Gasteiger charge is 2.38. The normalized spacial score (nSPS) is 23.7. The van der Waals surface area contributed by atoms with Gasteiger partial charge in [-0.25, -0.2) is 0 Å². The number of amides is 1. The molecule has 2 rings (SSSR count). The third kappa shape index (κ3) is 2.56. The van der Waals surface area contributed by atoms with Gasteiger partial charge in [-0.2, -0.15) is 0 Å². The lowest BCUT2D eigenvalue weighted by Crippen LogP contribution is -2.31. The van der Waals surface area contributed by atoms with Gasteiger partial charge >= 0.3 is 0 Å². The first-order chi connectivity index (χ1) is 8.77. The third-order valence-electron chi connectivity index (χ3n) is 3.41. The molecule has 0 radical (unpaired) electrons. The van der Waals surface area contributed by atoms with E-state index in [1.165, 1.54) is 5.56 Å². The first-order valence-electron chi connectivity index (χ1n) is 6.89. The van der Waals surface area contributed by atoms with Gasteiger partial charge in [0.2, 0.25) is 5.91 Å². The molecule has 0 aromatic heterocycles. The highest BCUT2D eigenvalue weighted by Crippen LogP contribution is 2.26. The molecule has 1 N–H and O–H groups in total. The lowest BCUT2D eigenvalue weighted by molar-refractivity contribution is -0.130. The van der Waals surface area contributed by atoms with Crippen molar-refractivity contribution >= 4 is 5.91 Å². The van der Waals surface area contributed by atoms with Gasteiger partial charge in [0.05, 0.1) is 6.04 Å². The summed E-state index contributed by atoms with van der Waals surface area (Å²) in [5.74, 6) is 0.257. The molecule has 18 heavy (non-hydrogen) atoms. The van der Waals surface area contributed by atoms with Crippen molar-refractivity contribution in [2.45, 2.75) is 45.3 Å². The standard InChI is InChI=1S/C15H22N2O/c1-3-8-13-15(18)17(11-4-2)14(16-13)12-9-6-5-7-10-12/h5-7,9-10,13-14,16H,3-4,8,11H2,1-2H3. The molecular formula is C15H22N2O. The zero-order valence-electron chi connectivity index (χ0n) is 11.2. The number of rotatable bonds is 5. The van der Waals surface area contributed by atoms with Gasteiger partial charge in [-0.05, 0) is 18.4 Å². The Morgan fingerprint density at radius 2 is 1.89 bits per heavy atom. The Labute approximate surface area is 109 Å². The highest BCUT2D eigenvalue weighted by atomic mass is 16.2. The first-order valence-corrected chi connectivity index (χ1v) is 6.89. The third-order valence-corrected chi connectivity index (χ3v) is 3.41. The fraction of sp³-hybridized carbons (Fsp3) is 0.533. The molecule has 3 heteroatoms. The van der Waals surface area contributed by atoms with Gasteiger partial charge in [-0.3, -0.25) is 10.1 Å². The van der Waals surface area contributed by atoms with Crippen molar-refractivity contribution in [1.82, 2.24) is 10.2 Å². The van der Waals surface area contributed by atoms with E-state index in [0.29, 0.717) is 0 Å². The number of hydrogen-bond acceptors (Lipinski definition) is 2. The number of carbonyl (C=O) groups is 1. The summed E-state index contributed by atoms with van der Waals surface area (Å²) in [5, 5.41) is 3.47. The molecule has 0 saturated carbocycles. The summed E-state index contributed by atoms with van der Waals surface area (Å²) in [6.07, 6.45) is 3.00. The van der Waals surface area contributed by atoms with Gasteiger partial charge < -0.3 is 4.90 Å². The number of nitrogens with one attached hydrogen (secondary N) is 1. The van der Waals surface area contributed by atoms with Crippen molar-refractivity contribution in [3.05, 3.63) is 35.9 Å². The summed E-state index contributed by atoms with van der Waals surface area (Å²) in [5.41, 5.74) is 1.18. The minimum absolute atomic E-state index is 0.00763. The lowest BCUT2D eigenvalue weighted by Gasteiger charge is -2.23. The van der Waals surface area contributed by atoms with Gasteiger partial charge in [-0.15, -0.1) is 0 Å². The van der Waals surface area contributed by atoms with E-state index in [-0.39, 0.29) is 18.1 Å². The Morgan fingerprint density at radius 3 is 2.50 bits per heavy atom. The Balaban J connectivity index is 2.20. The minimum atomic E-state index is -0.00763. The van der Waals surface area contributed by atoms with E-state index in [9.17, 15) is 4.79 Å². The Kier molecular flexibility index (Phi) is 4.37. The van der Waals surface area contributed by atoms with Gasteiger partial charge in [0.15, 0.2) is 0 Å². The quantitative estimate of drug-likeness (QED) is 0.866. The van der Waals surface area contributed by atoms with Crippen LogP contribution < -0.4 is 5.32 Å². The molecule has 1 heterocycles. The summed E-state index contributed by atoms with van der Waals surface area (Å²) in [4.78, 5) is 14.3. The Morgan fingerprint density at radius 1 is 1.17 bits per heavy atom. The van der Waals surface area contributed by atoms with Crippen molar-refractivity contribution in [2.75, 3.05) is 6.54 Å². The molecule has 3 nitrogen and oxygen atoms in total. The molecule has 1 fully saturated rings. The van der Waals surface area contributed by atoms with Crippen LogP contribution in [0.2, 0.25) is 0 Å². The first kappa shape index (κ1) is 13.1. The summed E-state index contributed by atoms with van der Waals surface area (Å²) in [6, 6.07) is 10.2. The molecule has 1 aromatic carbocycles. The number of nitrogens with zero attached hydrogens (tertiary/aromatic N) is 1. The molecule has 0 spiro atoms. The zero-order chi connectivity index (χ0) is 13.0. The van der Waals surface area contributed by atoms with Gasteiger partial charge in [0, 0.05) is 6.54 Å². The second-order valence-electron chi connectivity index (χ2n) is 4.85. The van der Waals surface area contributed by atoms with E-state index < -0.39 is 0 Å². The molecule has 0 aliphatic carbocycles. The van der Waals surface area contributed by atoms with Crippen molar-refractivity contribution in [1.29, 1.82) is 0 Å². The van der Waals surface area contributed by atoms with Crippen LogP contribution in [0, 0.1) is 0 Å². The van der Waals surface area contributed by atoms with Crippen molar-refractivity contribution in [2.24, 2.45) is 0 Å². The van der Waals surface area contributed by atoms with E-state index in [4.69, 9.17) is 0 Å². The van der Waals surface area contributed by atoms with Crippen LogP contribution in [0.1, 0.15) is 44.8 Å². The average molecular weight is 246 g/mol. The molecule has 1 aliphatic heterocycles. The second-order valence-corrected chi connectivity index (χ2v) is 4.85. The SMILES string of the molecule is CCCC1NC(c2ccccc2)N(CCC)C1=O. The van der Waals surface area contributed by atoms with E-state index >= 15 is 0 Å². The van der Waals surface area contributed by atoms with Crippen LogP contribution in [0.3, 0.4) is 0 Å². The number of hydrogen-bond donors (Lipinski definition) is 1. The minimum Gasteiger partial charge on any atom is -0.322 e. The summed E-state index contributed by atoms with van der Waals surface area (Å²) >= 11 is 0. The monoisotopic (exact) mass is 246 g/mol. The topological polar surface area (TPSA) is 32.3 Å². The van der Waals surface area contributed by atoms with E-state index in [1.807, 2.05) is 23.1 Å². The van der Waals surface area contributed by atoms with Crippen molar-refractivity contribution in [3.63, 3.8) is 0 Å². The van der Waals surface area contributed by atoms with E-state index in [1.54, 1.807) is 0 Å². The van der Waals surface area contributed by atoms with Crippen LogP contribution >= 0.6 is 0 Å². The largest absolute Gasteiger partial charge is 0.322 e. The second kappa shape index (κ2) is 6.01. The van der Waals surface area contributed by atoms with E-state index in [0.717, 1.165) is 25.8 Å². The molecule has 2 atom stereocenters. The maximum atomic E-state index is 12.3. The molecule has 2 unspecified atom stereocenters. The van der Waals surface area contributed by atoms with Crippen LogP contribution in [0.25, 0.3) is 0 Å². The summed E-state index contributed by atoms with van der Waals surface area (Å²) < 4.78 is 0. The van der Waals surface area contributed by atoms with Crippen LogP contribution in [0.4, 0.5) is 0 Å². The maximum Gasteiger partial charge on any atom is 0.241 e. The highest BCUT2D eigenvalue weighted by molar-refractivity contribution is 5.84. The van der Waals surface area contributed by atoms with Crippen LogP contribution in [0.15, 0.2) is 30.3 Å². The van der Waals surface area contributed by atoms with Crippen LogP contribution in [0.5, 0.6) is 0 Å². The molecule has 1 amide bonds. The van der Waals surface area contributed by atoms with Crippen LogP contribution in [-0.4, -0.2) is 23.4 Å². The van der Waals surface area contributed by atoms with Crippen molar-refractivity contribution < 1.29 is 4.79 Å². The smallest absolute Gasteiger partial charge is 0.241 e. The van der Waals surface area contributed by atoms with Gasteiger partial charge in [0.1, 0.15) is 6.17 Å². The Hall–Kier alpha value is -1.35. The fourth-order valence-corrected chi connectivity index (χ4v) is 2.57. The van der Waals surface area contributed by atoms with Crippen LogP contribution in [-0.2, 0) is 4.79 Å². The van der Waals surface area contributed by atoms with Gasteiger partial charge in [0.25, 0.3) is 0 Å². The molecule has 0 bridgehead atoms. The fourth-order valence-electron chi connectivity index (χ4n) is 2.57. The predicted octanol–water partition coefficient (Wildman–Crippen LogP) is 2.70. The average Bonchev–Trinajstić information content (AvgIpc) is 2.70. The lowest BCUT2D eigenvalue weighted by atomic mass is 10.1. The maximum absolute atomic E-state index is 12.3. The number of carbonyl (C=O) groups excluding carboxylic acids is 1.